The minimum absolute atomic E-state index is 0.0255. The summed E-state index contributed by atoms with van der Waals surface area (Å²) in [4.78, 5) is 22.0. The van der Waals surface area contributed by atoms with E-state index in [0.717, 1.165) is 0 Å². The van der Waals surface area contributed by atoms with Crippen LogP contribution in [0.5, 0.6) is 11.5 Å². The van der Waals surface area contributed by atoms with E-state index >= 15 is 0 Å². The van der Waals surface area contributed by atoms with Gasteiger partial charge in [-0.25, -0.2) is 8.42 Å². The van der Waals surface area contributed by atoms with Gasteiger partial charge >= 0.3 is 0 Å². The largest absolute Gasteiger partial charge is 0.491 e. The van der Waals surface area contributed by atoms with Gasteiger partial charge in [0.15, 0.2) is 5.75 Å². The normalized spacial score (nSPS) is 13.1. The molecular formula is C22H24Cl3NO8S. The summed E-state index contributed by atoms with van der Waals surface area (Å²) >= 11 is 17.8. The van der Waals surface area contributed by atoms with E-state index in [1.807, 2.05) is 0 Å². The summed E-state index contributed by atoms with van der Waals surface area (Å²) in [6.45, 7) is 0.909. The van der Waals surface area contributed by atoms with Gasteiger partial charge in [0.2, 0.25) is 21.7 Å². The van der Waals surface area contributed by atoms with Gasteiger partial charge in [-0.3, -0.25) is 14.9 Å². The monoisotopic (exact) mass is 567 g/mol. The zero-order valence-electron chi connectivity index (χ0n) is 18.5. The summed E-state index contributed by atoms with van der Waals surface area (Å²) in [6, 6.07) is 7.84. The van der Waals surface area contributed by atoms with Crippen LogP contribution in [0.25, 0.3) is 0 Å². The summed E-state index contributed by atoms with van der Waals surface area (Å²) in [5.41, 5.74) is 0. The third kappa shape index (κ3) is 8.82. The summed E-state index contributed by atoms with van der Waals surface area (Å²) in [6.07, 6.45) is -1.88. The molecule has 0 saturated carbocycles. The number of carbonyl (C=O) groups excluding carboxylic acids is 2. The maximum Gasteiger partial charge on any atom is 0.226 e. The molecule has 0 aromatic heterocycles. The van der Waals surface area contributed by atoms with E-state index in [1.54, 1.807) is 0 Å². The molecule has 13 heteroatoms. The first-order valence-corrected chi connectivity index (χ1v) is 13.0. The van der Waals surface area contributed by atoms with Crippen molar-refractivity contribution in [1.29, 1.82) is 0 Å². The number of nitrogens with one attached hydrogen (secondary N) is 1. The Morgan fingerprint density at radius 1 is 0.971 bits per heavy atom. The zero-order valence-corrected chi connectivity index (χ0v) is 21.6. The SMILES string of the molecule is CC(=O)NC(=O)CC[C@H](O)COc1ccc(S(=O)(=O)c2cc(Cl)c(OC[C@H](O)CCl)c(Cl)c2)cc1. The molecule has 2 atom stereocenters. The predicted octanol–water partition coefficient (Wildman–Crippen LogP) is 2.99. The van der Waals surface area contributed by atoms with E-state index in [9.17, 15) is 28.2 Å². The summed E-state index contributed by atoms with van der Waals surface area (Å²) in [5.74, 6) is -0.713. The van der Waals surface area contributed by atoms with Gasteiger partial charge in [-0.1, -0.05) is 23.2 Å². The van der Waals surface area contributed by atoms with Gasteiger partial charge < -0.3 is 19.7 Å². The number of alkyl halides is 1. The van der Waals surface area contributed by atoms with E-state index in [0.29, 0.717) is 5.75 Å². The molecule has 0 bridgehead atoms. The average Bonchev–Trinajstić information content (AvgIpc) is 2.80. The number of ether oxygens (including phenoxy) is 2. The second-order valence-corrected chi connectivity index (χ2v) is 10.5. The first-order valence-electron chi connectivity index (χ1n) is 10.3. The number of amides is 2. The first-order chi connectivity index (χ1) is 16.4. The number of imide groups is 1. The van der Waals surface area contributed by atoms with Gasteiger partial charge in [0, 0.05) is 13.3 Å². The van der Waals surface area contributed by atoms with Crippen LogP contribution in [0.1, 0.15) is 19.8 Å². The predicted molar refractivity (Wildman–Crippen MR) is 130 cm³/mol. The van der Waals surface area contributed by atoms with Crippen LogP contribution in [0.15, 0.2) is 46.2 Å². The Bertz CT molecular complexity index is 1120. The zero-order chi connectivity index (χ0) is 26.2. The number of aliphatic hydroxyl groups is 2. The highest BCUT2D eigenvalue weighted by molar-refractivity contribution is 7.91. The molecule has 0 unspecified atom stereocenters. The lowest BCUT2D eigenvalue weighted by atomic mass is 10.2. The Labute approximate surface area is 217 Å². The minimum Gasteiger partial charge on any atom is -0.491 e. The van der Waals surface area contributed by atoms with E-state index in [2.05, 4.69) is 5.32 Å². The molecule has 0 spiro atoms. The second kappa shape index (κ2) is 13.3. The third-order valence-electron chi connectivity index (χ3n) is 4.48. The number of sulfone groups is 1. The molecule has 0 aliphatic rings. The Kier molecular flexibility index (Phi) is 11.1. The van der Waals surface area contributed by atoms with Crippen molar-refractivity contribution < 1.29 is 37.7 Å². The quantitative estimate of drug-likeness (QED) is 0.332. The molecule has 192 valence electrons. The molecule has 2 aromatic carbocycles. The number of hydrogen-bond donors (Lipinski definition) is 3. The highest BCUT2D eigenvalue weighted by atomic mass is 35.5. The van der Waals surface area contributed by atoms with Crippen LogP contribution < -0.4 is 14.8 Å². The lowest BCUT2D eigenvalue weighted by Crippen LogP contribution is -2.29. The topological polar surface area (TPSA) is 139 Å². The Morgan fingerprint density at radius 3 is 2.09 bits per heavy atom. The molecule has 35 heavy (non-hydrogen) atoms. The van der Waals surface area contributed by atoms with Crippen LogP contribution in [0.4, 0.5) is 0 Å². The standard InChI is InChI=1S/C22H24Cl3NO8S/c1-13(27)26-21(30)7-2-14(28)11-33-16-3-5-17(6-4-16)35(31,32)18-8-19(24)22(20(25)9-18)34-12-15(29)10-23/h3-6,8-9,14-15,28-29H,2,7,10-12H2,1H3,(H,26,27,30)/t14-,15+/m0/s1. The minimum atomic E-state index is -3.98. The Hall–Kier alpha value is -2.08. The fourth-order valence-electron chi connectivity index (χ4n) is 2.74. The number of benzene rings is 2. The summed E-state index contributed by atoms with van der Waals surface area (Å²) in [7, 11) is -3.98. The number of aliphatic hydroxyl groups excluding tert-OH is 2. The summed E-state index contributed by atoms with van der Waals surface area (Å²) in [5, 5.41) is 21.5. The molecule has 0 saturated heterocycles. The molecule has 0 aliphatic carbocycles. The average molecular weight is 569 g/mol. The van der Waals surface area contributed by atoms with Crippen molar-refractivity contribution in [3.63, 3.8) is 0 Å². The lowest BCUT2D eigenvalue weighted by Gasteiger charge is -2.14. The van der Waals surface area contributed by atoms with Gasteiger partial charge in [0.05, 0.1) is 31.8 Å². The molecule has 3 N–H and O–H groups in total. The molecule has 0 radical (unpaired) electrons. The van der Waals surface area contributed by atoms with Crippen molar-refractivity contribution in [2.75, 3.05) is 19.1 Å². The molecule has 2 amide bonds. The van der Waals surface area contributed by atoms with Gasteiger partial charge in [-0.2, -0.15) is 0 Å². The highest BCUT2D eigenvalue weighted by Gasteiger charge is 2.22. The van der Waals surface area contributed by atoms with Crippen LogP contribution in [0, 0.1) is 0 Å². The van der Waals surface area contributed by atoms with Crippen molar-refractivity contribution >= 4 is 56.5 Å². The number of rotatable bonds is 12. The molecule has 0 aliphatic heterocycles. The second-order valence-electron chi connectivity index (χ2n) is 7.42. The Morgan fingerprint density at radius 2 is 1.54 bits per heavy atom. The maximum atomic E-state index is 13.0. The highest BCUT2D eigenvalue weighted by Crippen LogP contribution is 2.37. The van der Waals surface area contributed by atoms with Crippen LogP contribution in [0.2, 0.25) is 10.0 Å². The van der Waals surface area contributed by atoms with Crippen LogP contribution in [-0.2, 0) is 19.4 Å². The fraction of sp³-hybridized carbons (Fsp3) is 0.364. The molecular weight excluding hydrogens is 545 g/mol. The molecule has 2 rings (SSSR count). The van der Waals surface area contributed by atoms with Crippen LogP contribution >= 0.6 is 34.8 Å². The smallest absolute Gasteiger partial charge is 0.226 e. The molecule has 9 nitrogen and oxygen atoms in total. The first kappa shape index (κ1) is 29.2. The van der Waals surface area contributed by atoms with Crippen molar-refractivity contribution in [3.05, 3.63) is 46.4 Å². The molecule has 0 fully saturated rings. The van der Waals surface area contributed by atoms with Gasteiger partial charge in [-0.05, 0) is 42.8 Å². The Balaban J connectivity index is 2.03. The summed E-state index contributed by atoms with van der Waals surface area (Å²) < 4.78 is 36.8. The third-order valence-corrected chi connectivity index (χ3v) is 7.14. The molecule has 0 heterocycles. The van der Waals surface area contributed by atoms with Crippen LogP contribution in [0.3, 0.4) is 0 Å². The van der Waals surface area contributed by atoms with E-state index in [-0.39, 0.29) is 57.5 Å². The van der Waals surface area contributed by atoms with E-state index < -0.39 is 33.9 Å². The fourth-order valence-corrected chi connectivity index (χ4v) is 4.86. The van der Waals surface area contributed by atoms with E-state index in [1.165, 1.54) is 43.3 Å². The van der Waals surface area contributed by atoms with Gasteiger partial charge in [-0.15, -0.1) is 11.6 Å². The number of carbonyl (C=O) groups is 2. The van der Waals surface area contributed by atoms with Crippen molar-refractivity contribution in [2.24, 2.45) is 0 Å². The van der Waals surface area contributed by atoms with Crippen molar-refractivity contribution in [3.8, 4) is 11.5 Å². The number of hydrogen-bond acceptors (Lipinski definition) is 8. The lowest BCUT2D eigenvalue weighted by molar-refractivity contribution is -0.129. The maximum absolute atomic E-state index is 13.0. The van der Waals surface area contributed by atoms with Gasteiger partial charge in [0.25, 0.3) is 0 Å². The van der Waals surface area contributed by atoms with Gasteiger partial charge in [0.1, 0.15) is 25.1 Å². The van der Waals surface area contributed by atoms with Crippen LogP contribution in [-0.4, -0.2) is 61.7 Å². The van der Waals surface area contributed by atoms with E-state index in [4.69, 9.17) is 44.3 Å². The van der Waals surface area contributed by atoms with Crippen molar-refractivity contribution in [2.45, 2.75) is 41.8 Å². The van der Waals surface area contributed by atoms with Crippen molar-refractivity contribution in [1.82, 2.24) is 5.32 Å². The number of halogens is 3. The molecule has 2 aromatic rings.